The van der Waals surface area contributed by atoms with Crippen LogP contribution in [0.3, 0.4) is 0 Å². The first-order chi connectivity index (χ1) is 9.05. The molecule has 3 rings (SSSR count). The Morgan fingerprint density at radius 2 is 2.05 bits per heavy atom. The summed E-state index contributed by atoms with van der Waals surface area (Å²) in [6.45, 7) is 4.89. The molecule has 0 amide bonds. The van der Waals surface area contributed by atoms with Gasteiger partial charge in [0.1, 0.15) is 0 Å². The molecule has 0 atom stereocenters. The minimum atomic E-state index is 0.153. The van der Waals surface area contributed by atoms with Crippen LogP contribution in [0.2, 0.25) is 0 Å². The fourth-order valence-electron chi connectivity index (χ4n) is 2.47. The third-order valence-electron chi connectivity index (χ3n) is 4.06. The van der Waals surface area contributed by atoms with Crippen LogP contribution in [0.5, 0.6) is 0 Å². The molecule has 1 heterocycles. The molecule has 0 spiro atoms. The smallest absolute Gasteiger partial charge is 0.0706 e. The second kappa shape index (κ2) is 4.46. The first kappa shape index (κ1) is 12.9. The molecule has 19 heavy (non-hydrogen) atoms. The van der Waals surface area contributed by atoms with E-state index in [0.29, 0.717) is 6.54 Å². The molecule has 1 aliphatic rings. The predicted molar refractivity (Wildman–Crippen MR) is 80.7 cm³/mol. The molecule has 1 fully saturated rings. The SMILES string of the molecule is Cc1cc(-n2nc(C3(CN)CC3)cc2C)ccc1Br. The number of nitrogens with zero attached hydrogens (tertiary/aromatic N) is 2. The van der Waals surface area contributed by atoms with Crippen molar-refractivity contribution in [1.82, 2.24) is 9.78 Å². The van der Waals surface area contributed by atoms with E-state index in [1.54, 1.807) is 0 Å². The number of halogens is 1. The van der Waals surface area contributed by atoms with Gasteiger partial charge in [-0.3, -0.25) is 0 Å². The molecule has 4 heteroatoms. The van der Waals surface area contributed by atoms with Crippen molar-refractivity contribution in [1.29, 1.82) is 0 Å². The van der Waals surface area contributed by atoms with E-state index in [2.05, 4.69) is 54.0 Å². The Hall–Kier alpha value is -1.13. The molecular formula is C15H18BrN3. The second-order valence-electron chi connectivity index (χ2n) is 5.50. The summed E-state index contributed by atoms with van der Waals surface area (Å²) in [5, 5.41) is 4.78. The summed E-state index contributed by atoms with van der Waals surface area (Å²) >= 11 is 3.53. The molecule has 0 radical (unpaired) electrons. The van der Waals surface area contributed by atoms with Gasteiger partial charge in [0.05, 0.1) is 11.4 Å². The average molecular weight is 320 g/mol. The standard InChI is InChI=1S/C15H18BrN3/c1-10-7-12(3-4-13(10)16)19-11(2)8-14(18-19)15(9-17)5-6-15/h3-4,7-8H,5-6,9,17H2,1-2H3. The van der Waals surface area contributed by atoms with Gasteiger partial charge in [0, 0.05) is 22.1 Å². The van der Waals surface area contributed by atoms with E-state index in [1.165, 1.54) is 18.4 Å². The molecule has 1 aliphatic carbocycles. The van der Waals surface area contributed by atoms with Gasteiger partial charge < -0.3 is 5.73 Å². The van der Waals surface area contributed by atoms with E-state index in [0.717, 1.165) is 21.5 Å². The van der Waals surface area contributed by atoms with Crippen molar-refractivity contribution in [3.05, 3.63) is 45.7 Å². The summed E-state index contributed by atoms with van der Waals surface area (Å²) in [7, 11) is 0. The van der Waals surface area contributed by atoms with Gasteiger partial charge in [-0.25, -0.2) is 4.68 Å². The Kier molecular flexibility index (Phi) is 3.02. The van der Waals surface area contributed by atoms with Crippen LogP contribution in [0, 0.1) is 13.8 Å². The molecule has 100 valence electrons. The molecule has 0 bridgehead atoms. The normalized spacial score (nSPS) is 16.6. The molecule has 2 aromatic rings. The lowest BCUT2D eigenvalue weighted by Gasteiger charge is -2.09. The maximum absolute atomic E-state index is 5.89. The summed E-state index contributed by atoms with van der Waals surface area (Å²) < 4.78 is 3.15. The number of benzene rings is 1. The Balaban J connectivity index is 2.03. The maximum atomic E-state index is 5.89. The van der Waals surface area contributed by atoms with E-state index >= 15 is 0 Å². The number of hydrogen-bond donors (Lipinski definition) is 1. The highest BCUT2D eigenvalue weighted by Gasteiger charge is 2.45. The monoisotopic (exact) mass is 319 g/mol. The molecule has 0 unspecified atom stereocenters. The number of nitrogens with two attached hydrogens (primary N) is 1. The van der Waals surface area contributed by atoms with Crippen LogP contribution in [0.4, 0.5) is 0 Å². The summed E-state index contributed by atoms with van der Waals surface area (Å²) in [6.07, 6.45) is 2.33. The van der Waals surface area contributed by atoms with Gasteiger partial charge in [-0.1, -0.05) is 15.9 Å². The van der Waals surface area contributed by atoms with Crippen LogP contribution >= 0.6 is 15.9 Å². The minimum Gasteiger partial charge on any atom is -0.330 e. The Morgan fingerprint density at radius 3 is 2.63 bits per heavy atom. The predicted octanol–water partition coefficient (Wildman–Crippen LogP) is 3.24. The number of rotatable bonds is 3. The van der Waals surface area contributed by atoms with E-state index in [9.17, 15) is 0 Å². The number of aryl methyl sites for hydroxylation is 2. The van der Waals surface area contributed by atoms with Gasteiger partial charge >= 0.3 is 0 Å². The number of hydrogen-bond acceptors (Lipinski definition) is 2. The van der Waals surface area contributed by atoms with Crippen LogP contribution < -0.4 is 5.73 Å². The first-order valence-electron chi connectivity index (χ1n) is 6.59. The summed E-state index contributed by atoms with van der Waals surface area (Å²) in [5.74, 6) is 0. The zero-order chi connectivity index (χ0) is 13.6. The average Bonchev–Trinajstić information content (AvgIpc) is 3.10. The van der Waals surface area contributed by atoms with Gasteiger partial charge in [0.2, 0.25) is 0 Å². The molecule has 0 saturated heterocycles. The van der Waals surface area contributed by atoms with Crippen LogP contribution in [-0.2, 0) is 5.41 Å². The van der Waals surface area contributed by atoms with Crippen molar-refractivity contribution in [2.45, 2.75) is 32.1 Å². The van der Waals surface area contributed by atoms with Crippen LogP contribution in [-0.4, -0.2) is 16.3 Å². The largest absolute Gasteiger partial charge is 0.330 e. The van der Waals surface area contributed by atoms with Crippen LogP contribution in [0.1, 0.15) is 29.8 Å². The third-order valence-corrected chi connectivity index (χ3v) is 4.95. The van der Waals surface area contributed by atoms with E-state index < -0.39 is 0 Å². The van der Waals surface area contributed by atoms with E-state index in [1.807, 2.05) is 4.68 Å². The Morgan fingerprint density at radius 1 is 1.32 bits per heavy atom. The topological polar surface area (TPSA) is 43.8 Å². The highest BCUT2D eigenvalue weighted by molar-refractivity contribution is 9.10. The maximum Gasteiger partial charge on any atom is 0.0706 e. The van der Waals surface area contributed by atoms with Crippen LogP contribution in [0.15, 0.2) is 28.7 Å². The van der Waals surface area contributed by atoms with Crippen molar-refractivity contribution >= 4 is 15.9 Å². The highest BCUT2D eigenvalue weighted by Crippen LogP contribution is 2.46. The van der Waals surface area contributed by atoms with E-state index in [4.69, 9.17) is 10.8 Å². The van der Waals surface area contributed by atoms with Gasteiger partial charge in [-0.2, -0.15) is 5.10 Å². The molecule has 1 aromatic carbocycles. The molecule has 0 aliphatic heterocycles. The van der Waals surface area contributed by atoms with Crippen molar-refractivity contribution in [3.8, 4) is 5.69 Å². The van der Waals surface area contributed by atoms with E-state index in [-0.39, 0.29) is 5.41 Å². The Bertz CT molecular complexity index is 626. The highest BCUT2D eigenvalue weighted by atomic mass is 79.9. The molecule has 1 aromatic heterocycles. The fraction of sp³-hybridized carbons (Fsp3) is 0.400. The molecular weight excluding hydrogens is 302 g/mol. The zero-order valence-corrected chi connectivity index (χ0v) is 12.9. The fourth-order valence-corrected chi connectivity index (χ4v) is 2.72. The quantitative estimate of drug-likeness (QED) is 0.943. The summed E-state index contributed by atoms with van der Waals surface area (Å²) in [6, 6.07) is 8.48. The van der Waals surface area contributed by atoms with Gasteiger partial charge in [0.15, 0.2) is 0 Å². The molecule has 3 nitrogen and oxygen atoms in total. The van der Waals surface area contributed by atoms with Crippen molar-refractivity contribution in [3.63, 3.8) is 0 Å². The zero-order valence-electron chi connectivity index (χ0n) is 11.3. The minimum absolute atomic E-state index is 0.153. The molecule has 1 saturated carbocycles. The van der Waals surface area contributed by atoms with Crippen molar-refractivity contribution in [2.75, 3.05) is 6.54 Å². The van der Waals surface area contributed by atoms with Crippen molar-refractivity contribution in [2.24, 2.45) is 5.73 Å². The lowest BCUT2D eigenvalue weighted by atomic mass is 10.0. The lowest BCUT2D eigenvalue weighted by Crippen LogP contribution is -2.20. The van der Waals surface area contributed by atoms with Gasteiger partial charge in [-0.05, 0) is 56.5 Å². The third kappa shape index (κ3) is 2.13. The first-order valence-corrected chi connectivity index (χ1v) is 7.39. The second-order valence-corrected chi connectivity index (χ2v) is 6.36. The van der Waals surface area contributed by atoms with Crippen LogP contribution in [0.25, 0.3) is 5.69 Å². The molecule has 2 N–H and O–H groups in total. The lowest BCUT2D eigenvalue weighted by molar-refractivity contribution is 0.660. The summed E-state index contributed by atoms with van der Waals surface area (Å²) in [5.41, 5.74) is 10.7. The van der Waals surface area contributed by atoms with Gasteiger partial charge in [-0.15, -0.1) is 0 Å². The Labute approximate surface area is 121 Å². The number of aromatic nitrogens is 2. The van der Waals surface area contributed by atoms with Gasteiger partial charge in [0.25, 0.3) is 0 Å². The van der Waals surface area contributed by atoms with Crippen molar-refractivity contribution < 1.29 is 0 Å². The summed E-state index contributed by atoms with van der Waals surface area (Å²) in [4.78, 5) is 0.